The van der Waals surface area contributed by atoms with Crippen LogP contribution in [0.1, 0.15) is 16.7 Å². The van der Waals surface area contributed by atoms with Gasteiger partial charge in [0.05, 0.1) is 0 Å². The molecule has 0 amide bonds. The molecular weight excluding hydrogens is 431 g/mol. The smallest absolute Gasteiger partial charge is 0.0211 e. The number of rotatable bonds is 1. The van der Waals surface area contributed by atoms with E-state index in [4.69, 9.17) is 0 Å². The van der Waals surface area contributed by atoms with Crippen LogP contribution in [0, 0.1) is 6.42 Å². The van der Waals surface area contributed by atoms with E-state index in [1.165, 1.54) is 22.3 Å². The molecule has 3 heteroatoms. The Kier molecular flexibility index (Phi) is 6.07. The first-order chi connectivity index (χ1) is 8.85. The predicted molar refractivity (Wildman–Crippen MR) is 82.0 cm³/mol. The third-order valence-electron chi connectivity index (χ3n) is 2.73. The van der Waals surface area contributed by atoms with E-state index in [1.807, 2.05) is 6.07 Å². The Balaban J connectivity index is 0.000000367. The number of benzene rings is 2. The maximum absolute atomic E-state index is 3.23. The van der Waals surface area contributed by atoms with Gasteiger partial charge in [0.1, 0.15) is 0 Å². The van der Waals surface area contributed by atoms with Crippen molar-refractivity contribution in [3.05, 3.63) is 77.7 Å². The van der Waals surface area contributed by atoms with Gasteiger partial charge in [-0.25, -0.2) is 0 Å². The molecule has 18 heavy (non-hydrogen) atoms. The summed E-state index contributed by atoms with van der Waals surface area (Å²) in [4.78, 5) is 0. The molecule has 1 radical (unpaired) electrons. The summed E-state index contributed by atoms with van der Waals surface area (Å²) in [6.07, 6.45) is 4.48. The third-order valence-corrected chi connectivity index (χ3v) is 2.73. The van der Waals surface area contributed by atoms with Crippen molar-refractivity contribution in [1.29, 1.82) is 0 Å². The Morgan fingerprint density at radius 3 is 1.89 bits per heavy atom. The second-order valence-electron chi connectivity index (χ2n) is 3.81. The van der Waals surface area contributed by atoms with Crippen LogP contribution in [-0.4, -0.2) is 0 Å². The zero-order valence-corrected chi connectivity index (χ0v) is 15.2. The predicted octanol–water partition coefficient (Wildman–Crippen LogP) is 5.48. The van der Waals surface area contributed by atoms with E-state index in [1.54, 1.807) is 0 Å². The van der Waals surface area contributed by atoms with Crippen LogP contribution < -0.4 is 0 Å². The van der Waals surface area contributed by atoms with E-state index >= 15 is 0 Å². The molecule has 0 spiro atoms. The molecule has 0 saturated carbocycles. The molecule has 2 aromatic rings. The van der Waals surface area contributed by atoms with Gasteiger partial charge < -0.3 is 0 Å². The molecule has 0 N–H and O–H groups in total. The van der Waals surface area contributed by atoms with Gasteiger partial charge in [-0.05, 0) is 22.3 Å². The molecule has 1 aliphatic rings. The summed E-state index contributed by atoms with van der Waals surface area (Å²) < 4.78 is 0. The summed E-state index contributed by atoms with van der Waals surface area (Å²) in [5.41, 5.74) is 5.22. The second-order valence-corrected chi connectivity index (χ2v) is 15.1. The molecule has 1 aliphatic carbocycles. The molecule has 0 atom stereocenters. The molecule has 0 aliphatic heterocycles. The van der Waals surface area contributed by atoms with Gasteiger partial charge in [0.15, 0.2) is 0 Å². The minimum absolute atomic E-state index is 0.145. The number of allylic oxidation sites excluding steroid dienone is 1. The van der Waals surface area contributed by atoms with E-state index in [0.29, 0.717) is 0 Å². The molecule has 0 saturated heterocycles. The summed E-state index contributed by atoms with van der Waals surface area (Å²) in [6.45, 7) is 0. The molecule has 89 valence electrons. The summed E-state index contributed by atoms with van der Waals surface area (Å²) >= 11 is 6.32. The van der Waals surface area contributed by atoms with Gasteiger partial charge in [-0.2, -0.15) is 0 Å². The van der Waals surface area contributed by atoms with Crippen LogP contribution in [0.25, 0.3) is 11.6 Å². The maximum Gasteiger partial charge on any atom is 0.0211 e. The van der Waals surface area contributed by atoms with Crippen molar-refractivity contribution in [1.82, 2.24) is 0 Å². The minimum Gasteiger partial charge on any atom is -0.0622 e. The zero-order chi connectivity index (χ0) is 12.8. The number of hydrogen-bond donors (Lipinski definition) is 0. The second kappa shape index (κ2) is 7.57. The van der Waals surface area contributed by atoms with Crippen molar-refractivity contribution in [2.45, 2.75) is 0 Å². The van der Waals surface area contributed by atoms with Gasteiger partial charge in [0, 0.05) is 6.42 Å². The Labute approximate surface area is 131 Å². The molecule has 0 aromatic heterocycles. The fourth-order valence-electron chi connectivity index (χ4n) is 1.95. The maximum atomic E-state index is 3.23. The van der Waals surface area contributed by atoms with E-state index in [-0.39, 0.29) is 18.5 Å². The Hall–Kier alpha value is 0.0231. The molecule has 2 aromatic carbocycles. The van der Waals surface area contributed by atoms with Crippen LogP contribution in [0.15, 0.2) is 54.6 Å². The van der Waals surface area contributed by atoms with Crippen molar-refractivity contribution < 1.29 is 18.5 Å². The monoisotopic (exact) mass is 439 g/mol. The number of hydrogen-bond acceptors (Lipinski definition) is 0. The van der Waals surface area contributed by atoms with Crippen LogP contribution in [0.5, 0.6) is 0 Å². The average molecular weight is 442 g/mol. The molecule has 0 heterocycles. The summed E-state index contributed by atoms with van der Waals surface area (Å²) in [5.74, 6) is 0. The first kappa shape index (κ1) is 14.4. The van der Waals surface area contributed by atoms with Gasteiger partial charge in [-0.3, -0.25) is 0 Å². The number of halogens is 2. The van der Waals surface area contributed by atoms with Crippen LogP contribution in [-0.2, 0) is 18.5 Å². The Bertz CT molecular complexity index is 535. The first-order valence-corrected chi connectivity index (χ1v) is 16.8. The van der Waals surface area contributed by atoms with Crippen LogP contribution in [0.2, 0.25) is 0 Å². The van der Waals surface area contributed by atoms with Crippen LogP contribution in [0.3, 0.4) is 0 Å². The average Bonchev–Trinajstić information content (AvgIpc) is 2.84. The molecule has 0 nitrogen and oxygen atoms in total. The minimum atomic E-state index is -0.145. The standard InChI is InChI=1S/C15H11.2BrH.Zr/c1-2-6-12(7-3-1)15-10-13-8-4-5-9-14(13)11-15;;;/h1-11H;2*1H;/q;;;+2/p-2. The van der Waals surface area contributed by atoms with E-state index in [9.17, 15) is 0 Å². The summed E-state index contributed by atoms with van der Waals surface area (Å²) in [6, 6.07) is 19.0. The molecule has 0 fully saturated rings. The van der Waals surface area contributed by atoms with Crippen molar-refractivity contribution in [2.24, 2.45) is 0 Å². The third kappa shape index (κ3) is 3.76. The van der Waals surface area contributed by atoms with Gasteiger partial charge in [-0.15, -0.1) is 0 Å². The topological polar surface area (TPSA) is 0 Å². The van der Waals surface area contributed by atoms with Gasteiger partial charge in [0.2, 0.25) is 0 Å². The quantitative estimate of drug-likeness (QED) is 0.549. The van der Waals surface area contributed by atoms with Crippen LogP contribution >= 0.6 is 24.4 Å². The van der Waals surface area contributed by atoms with Gasteiger partial charge in [0.25, 0.3) is 0 Å². The van der Waals surface area contributed by atoms with Gasteiger partial charge in [-0.1, -0.05) is 60.7 Å². The Morgan fingerprint density at radius 1 is 0.722 bits per heavy atom. The van der Waals surface area contributed by atoms with E-state index in [2.05, 4.69) is 85.5 Å². The molecule has 0 unspecified atom stereocenters. The molecular formula is C15H11Br2Zr. The summed E-state index contributed by atoms with van der Waals surface area (Å²) in [5, 5.41) is 0. The van der Waals surface area contributed by atoms with Crippen molar-refractivity contribution >= 4 is 36.1 Å². The fraction of sp³-hybridized carbons (Fsp3) is 0. The Morgan fingerprint density at radius 2 is 1.28 bits per heavy atom. The van der Waals surface area contributed by atoms with Crippen molar-refractivity contribution in [3.8, 4) is 0 Å². The zero-order valence-electron chi connectivity index (χ0n) is 9.61. The largest absolute Gasteiger partial charge is 0.0622 e. The first-order valence-electron chi connectivity index (χ1n) is 5.52. The molecule has 3 rings (SSSR count). The summed E-state index contributed by atoms with van der Waals surface area (Å²) in [7, 11) is 0. The SMILES string of the molecule is [Br][Zr][Br].[CH]1C(c2ccccc2)=Cc2ccccc21. The van der Waals surface area contributed by atoms with Crippen molar-refractivity contribution in [3.63, 3.8) is 0 Å². The van der Waals surface area contributed by atoms with E-state index in [0.717, 1.165) is 0 Å². The van der Waals surface area contributed by atoms with Crippen molar-refractivity contribution in [2.75, 3.05) is 0 Å². The molecule has 0 bridgehead atoms. The normalized spacial score (nSPS) is 12.0. The van der Waals surface area contributed by atoms with Gasteiger partial charge >= 0.3 is 43.0 Å². The number of fused-ring (bicyclic) bond motifs is 1. The van der Waals surface area contributed by atoms with Crippen LogP contribution in [0.4, 0.5) is 0 Å². The van der Waals surface area contributed by atoms with E-state index < -0.39 is 0 Å². The fourth-order valence-corrected chi connectivity index (χ4v) is 1.95.